The van der Waals surface area contributed by atoms with Crippen molar-refractivity contribution in [1.29, 1.82) is 0 Å². The van der Waals surface area contributed by atoms with Crippen molar-refractivity contribution in [3.8, 4) is 0 Å². The van der Waals surface area contributed by atoms with Gasteiger partial charge in [0, 0.05) is 18.1 Å². The molecule has 2 fully saturated rings. The summed E-state index contributed by atoms with van der Waals surface area (Å²) in [6.45, 7) is 6.52. The van der Waals surface area contributed by atoms with Gasteiger partial charge in [-0.1, -0.05) is 20.3 Å². The monoisotopic (exact) mass is 211 g/mol. The van der Waals surface area contributed by atoms with Crippen LogP contribution in [0, 0.1) is 17.8 Å². The van der Waals surface area contributed by atoms with Crippen LogP contribution in [0.3, 0.4) is 0 Å². The van der Waals surface area contributed by atoms with Gasteiger partial charge in [0.2, 0.25) is 0 Å². The second-order valence-electron chi connectivity index (χ2n) is 5.81. The highest BCUT2D eigenvalue weighted by atomic mass is 16.5. The minimum Gasteiger partial charge on any atom is -0.381 e. The largest absolute Gasteiger partial charge is 0.381 e. The minimum atomic E-state index is 0.0537. The first kappa shape index (κ1) is 11.4. The van der Waals surface area contributed by atoms with Crippen molar-refractivity contribution >= 4 is 0 Å². The smallest absolute Gasteiger partial charge is 0.0511 e. The Labute approximate surface area is 93.6 Å². The van der Waals surface area contributed by atoms with Crippen molar-refractivity contribution in [2.45, 2.75) is 51.5 Å². The third kappa shape index (κ3) is 2.21. The van der Waals surface area contributed by atoms with Crippen LogP contribution in [0.2, 0.25) is 0 Å². The van der Waals surface area contributed by atoms with E-state index in [9.17, 15) is 0 Å². The summed E-state index contributed by atoms with van der Waals surface area (Å²) in [5, 5.41) is 0. The van der Waals surface area contributed by atoms with E-state index in [0.29, 0.717) is 11.8 Å². The Morgan fingerprint density at radius 1 is 1.20 bits per heavy atom. The van der Waals surface area contributed by atoms with E-state index in [0.717, 1.165) is 19.1 Å². The fraction of sp³-hybridized carbons (Fsp3) is 1.00. The van der Waals surface area contributed by atoms with E-state index in [1.807, 2.05) is 0 Å². The lowest BCUT2D eigenvalue weighted by Crippen LogP contribution is -2.57. The molecule has 0 amide bonds. The Bertz CT molecular complexity index is 213. The molecule has 1 saturated heterocycles. The number of rotatable bonds is 1. The first-order valence-corrected chi connectivity index (χ1v) is 6.49. The molecular formula is C13H25NO. The Hall–Kier alpha value is -0.0800. The fourth-order valence-electron chi connectivity index (χ4n) is 3.44. The molecule has 0 radical (unpaired) electrons. The maximum absolute atomic E-state index is 6.69. The predicted molar refractivity (Wildman–Crippen MR) is 62.6 cm³/mol. The molecule has 1 aliphatic carbocycles. The van der Waals surface area contributed by atoms with Gasteiger partial charge in [-0.2, -0.15) is 0 Å². The summed E-state index contributed by atoms with van der Waals surface area (Å²) in [5.41, 5.74) is 6.74. The van der Waals surface area contributed by atoms with E-state index in [4.69, 9.17) is 10.5 Å². The van der Waals surface area contributed by atoms with Crippen LogP contribution in [-0.4, -0.2) is 18.8 Å². The maximum Gasteiger partial charge on any atom is 0.0511 e. The number of ether oxygens (including phenoxy) is 1. The van der Waals surface area contributed by atoms with Crippen molar-refractivity contribution in [3.05, 3.63) is 0 Å². The lowest BCUT2D eigenvalue weighted by molar-refractivity contribution is -0.0139. The maximum atomic E-state index is 6.69. The van der Waals surface area contributed by atoms with E-state index in [-0.39, 0.29) is 5.54 Å². The summed E-state index contributed by atoms with van der Waals surface area (Å²) in [7, 11) is 0. The summed E-state index contributed by atoms with van der Waals surface area (Å²) in [6, 6.07) is 0. The van der Waals surface area contributed by atoms with Crippen LogP contribution < -0.4 is 5.73 Å². The van der Waals surface area contributed by atoms with E-state index in [1.54, 1.807) is 0 Å². The van der Waals surface area contributed by atoms with Crippen LogP contribution in [0.1, 0.15) is 46.0 Å². The van der Waals surface area contributed by atoms with Gasteiger partial charge in [0.15, 0.2) is 0 Å². The average molecular weight is 211 g/mol. The summed E-state index contributed by atoms with van der Waals surface area (Å²) in [4.78, 5) is 0. The third-order valence-corrected chi connectivity index (χ3v) is 4.63. The highest BCUT2D eigenvalue weighted by Crippen LogP contribution is 2.42. The molecule has 2 N–H and O–H groups in total. The predicted octanol–water partition coefficient (Wildman–Crippen LogP) is 2.57. The van der Waals surface area contributed by atoms with Crippen LogP contribution in [0.5, 0.6) is 0 Å². The van der Waals surface area contributed by atoms with Gasteiger partial charge in [0.25, 0.3) is 0 Å². The van der Waals surface area contributed by atoms with Gasteiger partial charge in [0.1, 0.15) is 0 Å². The van der Waals surface area contributed by atoms with Gasteiger partial charge in [-0.05, 0) is 37.5 Å². The SMILES string of the molecule is CC1CCC(C)C(N)(C2CCCOC2)C1. The highest BCUT2D eigenvalue weighted by Gasteiger charge is 2.43. The van der Waals surface area contributed by atoms with Gasteiger partial charge in [-0.25, -0.2) is 0 Å². The summed E-state index contributed by atoms with van der Waals surface area (Å²) < 4.78 is 5.60. The fourth-order valence-corrected chi connectivity index (χ4v) is 3.44. The molecule has 4 unspecified atom stereocenters. The Morgan fingerprint density at radius 3 is 2.67 bits per heavy atom. The summed E-state index contributed by atoms with van der Waals surface area (Å²) >= 11 is 0. The zero-order chi connectivity index (χ0) is 10.9. The van der Waals surface area contributed by atoms with Crippen LogP contribution in [0.15, 0.2) is 0 Å². The quantitative estimate of drug-likeness (QED) is 0.723. The van der Waals surface area contributed by atoms with Crippen molar-refractivity contribution in [1.82, 2.24) is 0 Å². The molecule has 2 heteroatoms. The molecule has 0 aromatic rings. The topological polar surface area (TPSA) is 35.2 Å². The molecule has 15 heavy (non-hydrogen) atoms. The van der Waals surface area contributed by atoms with Crippen molar-refractivity contribution in [2.24, 2.45) is 23.5 Å². The first-order chi connectivity index (χ1) is 7.13. The van der Waals surface area contributed by atoms with Crippen LogP contribution >= 0.6 is 0 Å². The van der Waals surface area contributed by atoms with E-state index >= 15 is 0 Å². The molecule has 88 valence electrons. The lowest BCUT2D eigenvalue weighted by atomic mass is 9.63. The third-order valence-electron chi connectivity index (χ3n) is 4.63. The Balaban J connectivity index is 2.07. The van der Waals surface area contributed by atoms with Crippen LogP contribution in [-0.2, 0) is 4.74 Å². The molecule has 0 spiro atoms. The lowest BCUT2D eigenvalue weighted by Gasteiger charge is -2.48. The molecule has 4 atom stereocenters. The second-order valence-corrected chi connectivity index (χ2v) is 5.81. The highest BCUT2D eigenvalue weighted by molar-refractivity contribution is 4.99. The molecule has 0 aromatic heterocycles. The van der Waals surface area contributed by atoms with Gasteiger partial charge in [-0.3, -0.25) is 0 Å². The number of hydrogen-bond donors (Lipinski definition) is 1. The molecule has 1 aliphatic heterocycles. The van der Waals surface area contributed by atoms with Crippen LogP contribution in [0.4, 0.5) is 0 Å². The average Bonchev–Trinajstić information content (AvgIpc) is 2.25. The zero-order valence-corrected chi connectivity index (χ0v) is 10.2. The molecule has 0 aromatic carbocycles. The summed E-state index contributed by atoms with van der Waals surface area (Å²) in [5.74, 6) is 2.07. The van der Waals surface area contributed by atoms with Crippen molar-refractivity contribution < 1.29 is 4.74 Å². The van der Waals surface area contributed by atoms with E-state index < -0.39 is 0 Å². The van der Waals surface area contributed by atoms with Gasteiger partial charge in [-0.15, -0.1) is 0 Å². The van der Waals surface area contributed by atoms with Crippen molar-refractivity contribution in [3.63, 3.8) is 0 Å². The second kappa shape index (κ2) is 4.42. The van der Waals surface area contributed by atoms with E-state index in [2.05, 4.69) is 13.8 Å². The molecule has 2 aliphatic rings. The standard InChI is InChI=1S/C13H25NO/c1-10-5-6-11(2)13(14,8-10)12-4-3-7-15-9-12/h10-12H,3-9,14H2,1-2H3. The zero-order valence-electron chi connectivity index (χ0n) is 10.2. The summed E-state index contributed by atoms with van der Waals surface area (Å²) in [6.07, 6.45) is 6.32. The minimum absolute atomic E-state index is 0.0537. The van der Waals surface area contributed by atoms with Gasteiger partial charge < -0.3 is 10.5 Å². The Kier molecular flexibility index (Phi) is 3.36. The number of hydrogen-bond acceptors (Lipinski definition) is 2. The first-order valence-electron chi connectivity index (χ1n) is 6.49. The van der Waals surface area contributed by atoms with E-state index in [1.165, 1.54) is 32.1 Å². The van der Waals surface area contributed by atoms with Crippen molar-refractivity contribution in [2.75, 3.05) is 13.2 Å². The molecule has 1 heterocycles. The Morgan fingerprint density at radius 2 is 2.00 bits per heavy atom. The van der Waals surface area contributed by atoms with Gasteiger partial charge >= 0.3 is 0 Å². The molecule has 2 rings (SSSR count). The molecule has 2 nitrogen and oxygen atoms in total. The molecule has 0 bridgehead atoms. The number of nitrogens with two attached hydrogens (primary N) is 1. The van der Waals surface area contributed by atoms with Crippen LogP contribution in [0.25, 0.3) is 0 Å². The molecule has 1 saturated carbocycles. The molecular weight excluding hydrogens is 186 g/mol. The normalized spacial score (nSPS) is 47.8. The van der Waals surface area contributed by atoms with Gasteiger partial charge in [0.05, 0.1) is 6.61 Å².